The van der Waals surface area contributed by atoms with Crippen molar-refractivity contribution in [2.75, 3.05) is 5.32 Å². The molecule has 4 rings (SSSR count). The maximum absolute atomic E-state index is 12.6. The number of hydrogen-bond donors (Lipinski definition) is 3. The number of benzene rings is 3. The Bertz CT molecular complexity index is 1320. The number of carbonyl (C=O) groups excluding carboxylic acids is 2. The average molecular weight is 456 g/mol. The van der Waals surface area contributed by atoms with Crippen molar-refractivity contribution in [2.24, 2.45) is 0 Å². The van der Waals surface area contributed by atoms with Crippen molar-refractivity contribution >= 4 is 51.7 Å². The van der Waals surface area contributed by atoms with Gasteiger partial charge in [-0.3, -0.25) is 14.9 Å². The molecule has 0 unspecified atom stereocenters. The van der Waals surface area contributed by atoms with Gasteiger partial charge < -0.3 is 15.1 Å². The fourth-order valence-corrected chi connectivity index (χ4v) is 3.54. The zero-order chi connectivity index (χ0) is 23.0. The number of anilines is 1. The highest BCUT2D eigenvalue weighted by Crippen LogP contribution is 2.19. The van der Waals surface area contributed by atoms with E-state index in [1.807, 2.05) is 42.5 Å². The molecule has 4 aromatic rings. The van der Waals surface area contributed by atoms with Crippen molar-refractivity contribution in [1.82, 2.24) is 10.6 Å². The summed E-state index contributed by atoms with van der Waals surface area (Å²) in [5, 5.41) is 10.6. The first-order valence-electron chi connectivity index (χ1n) is 10.3. The lowest BCUT2D eigenvalue weighted by atomic mass is 10.0. The molecule has 0 fully saturated rings. The van der Waals surface area contributed by atoms with E-state index in [4.69, 9.17) is 16.6 Å². The minimum Gasteiger partial charge on any atom is -0.467 e. The number of amides is 2. The van der Waals surface area contributed by atoms with Crippen LogP contribution in [0.25, 0.3) is 16.8 Å². The highest BCUT2D eigenvalue weighted by Gasteiger charge is 2.13. The molecule has 33 heavy (non-hydrogen) atoms. The quantitative estimate of drug-likeness (QED) is 0.285. The van der Waals surface area contributed by atoms with Gasteiger partial charge >= 0.3 is 0 Å². The standard InChI is InChI=1S/C26H21N3O3S/c30-24(15-14-19-9-5-8-18-7-1-2-11-21(18)19)29-26(33)28-23-13-4-3-12-22(23)25(31)27-17-20-10-6-16-32-20/h1-16H,17H2,(H,27,31)(H2,28,29,30,33)/b15-14+. The molecule has 6 nitrogen and oxygen atoms in total. The van der Waals surface area contributed by atoms with Crippen LogP contribution in [0.5, 0.6) is 0 Å². The van der Waals surface area contributed by atoms with Crippen LogP contribution in [-0.4, -0.2) is 16.9 Å². The van der Waals surface area contributed by atoms with Gasteiger partial charge in [0.1, 0.15) is 5.76 Å². The van der Waals surface area contributed by atoms with Gasteiger partial charge in [0.2, 0.25) is 5.91 Å². The summed E-state index contributed by atoms with van der Waals surface area (Å²) in [4.78, 5) is 25.0. The normalized spacial score (nSPS) is 10.8. The zero-order valence-corrected chi connectivity index (χ0v) is 18.4. The number of hydrogen-bond acceptors (Lipinski definition) is 4. The molecule has 0 saturated carbocycles. The van der Waals surface area contributed by atoms with E-state index in [1.165, 1.54) is 6.08 Å². The summed E-state index contributed by atoms with van der Waals surface area (Å²) < 4.78 is 5.23. The Balaban J connectivity index is 1.38. The molecule has 3 aromatic carbocycles. The smallest absolute Gasteiger partial charge is 0.253 e. The van der Waals surface area contributed by atoms with Gasteiger partial charge in [-0.1, -0.05) is 54.6 Å². The molecular weight excluding hydrogens is 434 g/mol. The van der Waals surface area contributed by atoms with Crippen LogP contribution in [0.2, 0.25) is 0 Å². The molecule has 1 aromatic heterocycles. The van der Waals surface area contributed by atoms with E-state index in [0.29, 0.717) is 17.0 Å². The Morgan fingerprint density at radius 3 is 2.55 bits per heavy atom. The molecule has 7 heteroatoms. The van der Waals surface area contributed by atoms with Crippen LogP contribution in [0.4, 0.5) is 5.69 Å². The molecule has 0 spiro atoms. The van der Waals surface area contributed by atoms with E-state index in [9.17, 15) is 9.59 Å². The lowest BCUT2D eigenvalue weighted by Gasteiger charge is -2.12. The molecule has 3 N–H and O–H groups in total. The lowest BCUT2D eigenvalue weighted by molar-refractivity contribution is -0.115. The molecule has 0 atom stereocenters. The molecule has 2 amide bonds. The number of fused-ring (bicyclic) bond motifs is 1. The molecule has 0 aliphatic carbocycles. The zero-order valence-electron chi connectivity index (χ0n) is 17.6. The molecular formula is C26H21N3O3S. The summed E-state index contributed by atoms with van der Waals surface area (Å²) in [6.45, 7) is 0.264. The van der Waals surface area contributed by atoms with Crippen molar-refractivity contribution in [2.45, 2.75) is 6.54 Å². The SMILES string of the molecule is O=C(/C=C/c1cccc2ccccc12)NC(=S)Nc1ccccc1C(=O)NCc1ccco1. The topological polar surface area (TPSA) is 83.4 Å². The highest BCUT2D eigenvalue weighted by atomic mass is 32.1. The Hall–Kier alpha value is -4.23. The predicted molar refractivity (Wildman–Crippen MR) is 134 cm³/mol. The molecule has 0 saturated heterocycles. The minimum atomic E-state index is -0.375. The van der Waals surface area contributed by atoms with Crippen LogP contribution >= 0.6 is 12.2 Å². The molecule has 0 aliphatic rings. The molecule has 0 radical (unpaired) electrons. The van der Waals surface area contributed by atoms with Gasteiger partial charge in [-0.2, -0.15) is 0 Å². The van der Waals surface area contributed by atoms with Gasteiger partial charge in [0.25, 0.3) is 5.91 Å². The van der Waals surface area contributed by atoms with Crippen LogP contribution in [-0.2, 0) is 11.3 Å². The van der Waals surface area contributed by atoms with Gasteiger partial charge in [0.15, 0.2) is 5.11 Å². The van der Waals surface area contributed by atoms with Gasteiger partial charge in [-0.25, -0.2) is 0 Å². The van der Waals surface area contributed by atoms with Crippen molar-refractivity contribution in [1.29, 1.82) is 0 Å². The second-order valence-corrected chi connectivity index (χ2v) is 7.56. The summed E-state index contributed by atoms with van der Waals surface area (Å²) in [7, 11) is 0. The largest absolute Gasteiger partial charge is 0.467 e. The highest BCUT2D eigenvalue weighted by molar-refractivity contribution is 7.80. The van der Waals surface area contributed by atoms with Crippen LogP contribution in [0.15, 0.2) is 95.6 Å². The van der Waals surface area contributed by atoms with Crippen molar-refractivity contribution in [3.63, 3.8) is 0 Å². The van der Waals surface area contributed by atoms with Crippen LogP contribution in [0.1, 0.15) is 21.7 Å². The summed E-state index contributed by atoms with van der Waals surface area (Å²) in [6.07, 6.45) is 4.72. The fraction of sp³-hybridized carbons (Fsp3) is 0.0385. The molecule has 0 bridgehead atoms. The summed E-state index contributed by atoms with van der Waals surface area (Å²) in [5.74, 6) is -0.0192. The second-order valence-electron chi connectivity index (χ2n) is 7.15. The van der Waals surface area contributed by atoms with Gasteiger partial charge in [-0.15, -0.1) is 0 Å². The number of rotatable bonds is 6. The lowest BCUT2D eigenvalue weighted by Crippen LogP contribution is -2.33. The third kappa shape index (κ3) is 5.72. The Morgan fingerprint density at radius 2 is 1.70 bits per heavy atom. The average Bonchev–Trinajstić information content (AvgIpc) is 3.35. The van der Waals surface area contributed by atoms with E-state index in [0.717, 1.165) is 16.3 Å². The summed E-state index contributed by atoms with van der Waals surface area (Å²) in [6, 6.07) is 24.3. The van der Waals surface area contributed by atoms with E-state index in [2.05, 4.69) is 16.0 Å². The van der Waals surface area contributed by atoms with Crippen LogP contribution < -0.4 is 16.0 Å². The maximum atomic E-state index is 12.6. The third-order valence-corrected chi connectivity index (χ3v) is 5.10. The van der Waals surface area contributed by atoms with Gasteiger partial charge in [0.05, 0.1) is 24.1 Å². The van der Waals surface area contributed by atoms with Crippen molar-refractivity contribution in [3.8, 4) is 0 Å². The number of furan rings is 1. The van der Waals surface area contributed by atoms with E-state index >= 15 is 0 Å². The van der Waals surface area contributed by atoms with E-state index < -0.39 is 0 Å². The first-order chi connectivity index (χ1) is 16.1. The Kier molecular flexibility index (Phi) is 6.92. The predicted octanol–water partition coefficient (Wildman–Crippen LogP) is 4.89. The van der Waals surface area contributed by atoms with Crippen LogP contribution in [0, 0.1) is 0 Å². The first-order valence-corrected chi connectivity index (χ1v) is 10.7. The summed E-state index contributed by atoms with van der Waals surface area (Å²) >= 11 is 5.27. The Labute approximate surface area is 196 Å². The van der Waals surface area contributed by atoms with Gasteiger partial charge in [0, 0.05) is 6.08 Å². The van der Waals surface area contributed by atoms with E-state index in [-0.39, 0.29) is 23.5 Å². The fourth-order valence-electron chi connectivity index (χ4n) is 3.33. The summed E-state index contributed by atoms with van der Waals surface area (Å²) in [5.41, 5.74) is 1.81. The number of para-hydroxylation sites is 1. The minimum absolute atomic E-state index is 0.0915. The van der Waals surface area contributed by atoms with E-state index in [1.54, 1.807) is 48.7 Å². The first kappa shape index (κ1) is 22.0. The van der Waals surface area contributed by atoms with Crippen LogP contribution in [0.3, 0.4) is 0 Å². The molecule has 164 valence electrons. The van der Waals surface area contributed by atoms with Crippen molar-refractivity contribution < 1.29 is 14.0 Å². The van der Waals surface area contributed by atoms with Gasteiger partial charge in [-0.05, 0) is 58.9 Å². The number of thiocarbonyl (C=S) groups is 1. The maximum Gasteiger partial charge on any atom is 0.253 e. The molecule has 0 aliphatic heterocycles. The van der Waals surface area contributed by atoms with Crippen molar-refractivity contribution in [3.05, 3.63) is 108 Å². The molecule has 1 heterocycles. The third-order valence-electron chi connectivity index (χ3n) is 4.90. The Morgan fingerprint density at radius 1 is 0.909 bits per heavy atom. The number of carbonyl (C=O) groups is 2. The second kappa shape index (κ2) is 10.4. The monoisotopic (exact) mass is 455 g/mol. The number of nitrogens with one attached hydrogen (secondary N) is 3.